The van der Waals surface area contributed by atoms with Crippen LogP contribution >= 0.6 is 11.3 Å². The van der Waals surface area contributed by atoms with Crippen LogP contribution in [0.5, 0.6) is 0 Å². The summed E-state index contributed by atoms with van der Waals surface area (Å²) in [6, 6.07) is 2.88. The molecule has 2 amide bonds. The minimum Gasteiger partial charge on any atom is -0.393 e. The number of nitrogens with one attached hydrogen (secondary N) is 1. The van der Waals surface area contributed by atoms with Crippen LogP contribution in [0.2, 0.25) is 0 Å². The van der Waals surface area contributed by atoms with Gasteiger partial charge in [-0.2, -0.15) is 0 Å². The highest BCUT2D eigenvalue weighted by atomic mass is 32.1. The van der Waals surface area contributed by atoms with E-state index in [1.165, 1.54) is 17.4 Å². The SMILES string of the molecule is Cc1cc2sc(NC(=O)N3CC[C@H](O)C[C@@H]3C)nc2cc1F. The van der Waals surface area contributed by atoms with Gasteiger partial charge in [-0.3, -0.25) is 5.32 Å². The molecule has 2 aromatic rings. The molecule has 0 spiro atoms. The van der Waals surface area contributed by atoms with Crippen LogP contribution in [-0.4, -0.2) is 39.7 Å². The molecule has 1 fully saturated rings. The fourth-order valence-corrected chi connectivity index (χ4v) is 3.65. The van der Waals surface area contributed by atoms with Crippen molar-refractivity contribution in [1.82, 2.24) is 9.88 Å². The molecule has 0 radical (unpaired) electrons. The lowest BCUT2D eigenvalue weighted by atomic mass is 10.0. The summed E-state index contributed by atoms with van der Waals surface area (Å²) in [5.41, 5.74) is 1.11. The summed E-state index contributed by atoms with van der Waals surface area (Å²) in [6.45, 7) is 4.14. The smallest absolute Gasteiger partial charge is 0.323 e. The Morgan fingerprint density at radius 2 is 2.32 bits per heavy atom. The number of aryl methyl sites for hydroxylation is 1. The number of hydrogen-bond acceptors (Lipinski definition) is 4. The topological polar surface area (TPSA) is 65.5 Å². The van der Waals surface area contributed by atoms with E-state index in [2.05, 4.69) is 10.3 Å². The first-order chi connectivity index (χ1) is 10.4. The van der Waals surface area contributed by atoms with E-state index in [9.17, 15) is 14.3 Å². The number of carbonyl (C=O) groups excluding carboxylic acids is 1. The van der Waals surface area contributed by atoms with Crippen LogP contribution in [0.25, 0.3) is 10.2 Å². The number of thiazole rings is 1. The number of likely N-dealkylation sites (tertiary alicyclic amines) is 1. The van der Waals surface area contributed by atoms with Gasteiger partial charge in [0.05, 0.1) is 16.3 Å². The second-order valence-electron chi connectivity index (χ2n) is 5.74. The molecule has 0 aliphatic carbocycles. The van der Waals surface area contributed by atoms with Gasteiger partial charge in [-0.15, -0.1) is 0 Å². The Labute approximate surface area is 131 Å². The Bertz CT molecular complexity index is 679. The molecule has 2 heterocycles. The molecule has 1 aliphatic heterocycles. The minimum atomic E-state index is -0.340. The molecule has 5 nitrogen and oxygen atoms in total. The van der Waals surface area contributed by atoms with Gasteiger partial charge in [0.1, 0.15) is 5.82 Å². The molecule has 2 atom stereocenters. The number of carbonyl (C=O) groups is 1. The van der Waals surface area contributed by atoms with Crippen molar-refractivity contribution < 1.29 is 14.3 Å². The van der Waals surface area contributed by atoms with Crippen molar-refractivity contribution in [3.05, 3.63) is 23.5 Å². The Hall–Kier alpha value is -1.73. The standard InChI is InChI=1S/C15H18FN3O2S/c1-8-5-13-12(7-11(8)16)17-14(22-13)18-15(21)19-4-3-10(20)6-9(19)2/h5,7,9-10,20H,3-4,6H2,1-2H3,(H,17,18,21)/t9-,10-/m0/s1. The third-order valence-electron chi connectivity index (χ3n) is 3.99. The van der Waals surface area contributed by atoms with Crippen LogP contribution < -0.4 is 5.32 Å². The zero-order valence-electron chi connectivity index (χ0n) is 12.5. The highest BCUT2D eigenvalue weighted by Gasteiger charge is 2.28. The lowest BCUT2D eigenvalue weighted by Gasteiger charge is -2.35. The molecule has 1 aliphatic rings. The van der Waals surface area contributed by atoms with Crippen molar-refractivity contribution in [2.24, 2.45) is 0 Å². The monoisotopic (exact) mass is 323 g/mol. The van der Waals surface area contributed by atoms with Crippen LogP contribution in [0.15, 0.2) is 12.1 Å². The van der Waals surface area contributed by atoms with Crippen LogP contribution in [0.4, 0.5) is 14.3 Å². The van der Waals surface area contributed by atoms with Crippen LogP contribution in [0.3, 0.4) is 0 Å². The van der Waals surface area contributed by atoms with E-state index in [-0.39, 0.29) is 24.0 Å². The predicted octanol–water partition coefficient (Wildman–Crippen LogP) is 3.12. The quantitative estimate of drug-likeness (QED) is 0.847. The van der Waals surface area contributed by atoms with E-state index in [1.807, 2.05) is 6.92 Å². The molecule has 7 heteroatoms. The average Bonchev–Trinajstić information content (AvgIpc) is 2.80. The van der Waals surface area contributed by atoms with Crippen molar-refractivity contribution >= 4 is 32.7 Å². The van der Waals surface area contributed by atoms with Gasteiger partial charge in [-0.1, -0.05) is 11.3 Å². The second-order valence-corrected chi connectivity index (χ2v) is 6.77. The molecule has 1 aromatic carbocycles. The maximum atomic E-state index is 13.5. The number of rotatable bonds is 1. The van der Waals surface area contributed by atoms with Gasteiger partial charge < -0.3 is 10.0 Å². The first kappa shape index (κ1) is 15.2. The van der Waals surface area contributed by atoms with Crippen molar-refractivity contribution in [3.8, 4) is 0 Å². The number of fused-ring (bicyclic) bond motifs is 1. The number of halogens is 1. The molecule has 1 saturated heterocycles. The number of hydrogen-bond donors (Lipinski definition) is 2. The minimum absolute atomic E-state index is 0.0159. The number of piperidine rings is 1. The summed E-state index contributed by atoms with van der Waals surface area (Å²) < 4.78 is 14.4. The van der Waals surface area contributed by atoms with E-state index in [0.717, 1.165) is 4.70 Å². The van der Waals surface area contributed by atoms with E-state index in [4.69, 9.17) is 0 Å². The molecule has 0 saturated carbocycles. The zero-order chi connectivity index (χ0) is 15.9. The van der Waals surface area contributed by atoms with Gasteiger partial charge in [0.2, 0.25) is 0 Å². The number of aliphatic hydroxyl groups is 1. The first-order valence-corrected chi connectivity index (χ1v) is 8.08. The van der Waals surface area contributed by atoms with Crippen molar-refractivity contribution in [2.75, 3.05) is 11.9 Å². The third-order valence-corrected chi connectivity index (χ3v) is 4.93. The van der Waals surface area contributed by atoms with Crippen molar-refractivity contribution in [3.63, 3.8) is 0 Å². The molecule has 2 N–H and O–H groups in total. The summed E-state index contributed by atoms with van der Waals surface area (Å²) in [6.07, 6.45) is 0.826. The summed E-state index contributed by atoms with van der Waals surface area (Å²) in [7, 11) is 0. The number of amides is 2. The van der Waals surface area contributed by atoms with Crippen molar-refractivity contribution in [2.45, 2.75) is 38.8 Å². The number of urea groups is 1. The Balaban J connectivity index is 1.76. The highest BCUT2D eigenvalue weighted by molar-refractivity contribution is 7.22. The number of anilines is 1. The van der Waals surface area contributed by atoms with Crippen LogP contribution in [0.1, 0.15) is 25.3 Å². The largest absolute Gasteiger partial charge is 0.393 e. The Morgan fingerprint density at radius 3 is 3.05 bits per heavy atom. The summed E-state index contributed by atoms with van der Waals surface area (Å²) in [5, 5.41) is 12.8. The molecule has 0 bridgehead atoms. The number of benzene rings is 1. The second kappa shape index (κ2) is 5.81. The van der Waals surface area contributed by atoms with Gasteiger partial charge in [0.25, 0.3) is 0 Å². The first-order valence-electron chi connectivity index (χ1n) is 7.26. The van der Waals surface area contributed by atoms with E-state index in [0.29, 0.717) is 35.6 Å². The van der Waals surface area contributed by atoms with Gasteiger partial charge >= 0.3 is 6.03 Å². The predicted molar refractivity (Wildman–Crippen MR) is 84.7 cm³/mol. The average molecular weight is 323 g/mol. The maximum Gasteiger partial charge on any atom is 0.323 e. The molecule has 3 rings (SSSR count). The lowest BCUT2D eigenvalue weighted by molar-refractivity contribution is 0.0687. The summed E-state index contributed by atoms with van der Waals surface area (Å²) >= 11 is 1.33. The summed E-state index contributed by atoms with van der Waals surface area (Å²) in [4.78, 5) is 18.3. The summed E-state index contributed by atoms with van der Waals surface area (Å²) in [5.74, 6) is -0.297. The van der Waals surface area contributed by atoms with E-state index < -0.39 is 0 Å². The van der Waals surface area contributed by atoms with Gasteiger partial charge in [-0.05, 0) is 38.3 Å². The number of aromatic nitrogens is 1. The Kier molecular flexibility index (Phi) is 4.01. The Morgan fingerprint density at radius 1 is 1.55 bits per heavy atom. The van der Waals surface area contributed by atoms with Gasteiger partial charge in [0.15, 0.2) is 5.13 Å². The normalized spacial score (nSPS) is 22.1. The van der Waals surface area contributed by atoms with Crippen LogP contribution in [-0.2, 0) is 0 Å². The lowest BCUT2D eigenvalue weighted by Crippen LogP contribution is -2.47. The van der Waals surface area contributed by atoms with Gasteiger partial charge in [0, 0.05) is 18.7 Å². The molecule has 22 heavy (non-hydrogen) atoms. The number of aliphatic hydroxyl groups excluding tert-OH is 1. The molecular formula is C15H18FN3O2S. The van der Waals surface area contributed by atoms with E-state index in [1.54, 1.807) is 17.9 Å². The highest BCUT2D eigenvalue weighted by Crippen LogP contribution is 2.28. The molecular weight excluding hydrogens is 305 g/mol. The number of nitrogens with zero attached hydrogens (tertiary/aromatic N) is 2. The maximum absolute atomic E-state index is 13.5. The van der Waals surface area contributed by atoms with Gasteiger partial charge in [-0.25, -0.2) is 14.2 Å². The fourth-order valence-electron chi connectivity index (χ4n) is 2.72. The zero-order valence-corrected chi connectivity index (χ0v) is 13.3. The van der Waals surface area contributed by atoms with Crippen molar-refractivity contribution in [1.29, 1.82) is 0 Å². The third kappa shape index (κ3) is 2.91. The van der Waals surface area contributed by atoms with E-state index >= 15 is 0 Å². The fraction of sp³-hybridized carbons (Fsp3) is 0.467. The molecule has 0 unspecified atom stereocenters. The molecule has 1 aromatic heterocycles. The molecule has 118 valence electrons. The van der Waals surface area contributed by atoms with Crippen LogP contribution in [0, 0.1) is 12.7 Å².